The predicted molar refractivity (Wildman–Crippen MR) is 88.7 cm³/mol. The first-order valence-corrected chi connectivity index (χ1v) is 7.12. The van der Waals surface area contributed by atoms with Crippen LogP contribution >= 0.6 is 0 Å². The van der Waals surface area contributed by atoms with E-state index in [0.29, 0.717) is 5.56 Å². The summed E-state index contributed by atoms with van der Waals surface area (Å²) in [6.45, 7) is 0. The molecule has 3 aromatic carbocycles. The Morgan fingerprint density at radius 1 is 0.682 bits per heavy atom. The summed E-state index contributed by atoms with van der Waals surface area (Å²) in [4.78, 5) is 11.5. The average Bonchev–Trinajstić information content (AvgIpc) is 2.62. The van der Waals surface area contributed by atoms with Crippen molar-refractivity contribution in [2.45, 2.75) is 0 Å². The lowest BCUT2D eigenvalue weighted by Crippen LogP contribution is -2.00. The van der Waals surface area contributed by atoms with Crippen LogP contribution in [-0.2, 0) is 4.74 Å². The zero-order valence-electron chi connectivity index (χ0n) is 12.3. The quantitative estimate of drug-likeness (QED) is 0.647. The molecule has 0 aliphatic rings. The van der Waals surface area contributed by atoms with E-state index in [0.717, 1.165) is 11.1 Å². The van der Waals surface area contributed by atoms with E-state index in [2.05, 4.69) is 30.3 Å². The van der Waals surface area contributed by atoms with Gasteiger partial charge in [-0.2, -0.15) is 0 Å². The van der Waals surface area contributed by atoms with Crippen LogP contribution in [0.15, 0.2) is 78.9 Å². The largest absolute Gasteiger partial charge is 0.465 e. The van der Waals surface area contributed by atoms with Gasteiger partial charge in [0.15, 0.2) is 0 Å². The van der Waals surface area contributed by atoms with E-state index in [1.807, 2.05) is 36.4 Å². The van der Waals surface area contributed by atoms with E-state index in [1.165, 1.54) is 18.2 Å². The lowest BCUT2D eigenvalue weighted by molar-refractivity contribution is 0.0601. The fourth-order valence-electron chi connectivity index (χ4n) is 2.43. The monoisotopic (exact) mass is 288 g/mol. The molecule has 0 amide bonds. The van der Waals surface area contributed by atoms with Crippen LogP contribution in [0.3, 0.4) is 0 Å². The van der Waals surface area contributed by atoms with Crippen molar-refractivity contribution in [3.63, 3.8) is 0 Å². The van der Waals surface area contributed by atoms with Gasteiger partial charge in [-0.25, -0.2) is 4.79 Å². The first-order valence-electron chi connectivity index (χ1n) is 7.12. The Hall–Kier alpha value is -2.87. The Morgan fingerprint density at radius 2 is 1.23 bits per heavy atom. The summed E-state index contributed by atoms with van der Waals surface area (Å²) in [6, 6.07) is 26.1. The van der Waals surface area contributed by atoms with Crippen molar-refractivity contribution >= 4 is 5.97 Å². The number of esters is 1. The van der Waals surface area contributed by atoms with Crippen molar-refractivity contribution in [1.82, 2.24) is 0 Å². The van der Waals surface area contributed by atoms with Crippen molar-refractivity contribution in [2.75, 3.05) is 7.11 Å². The first kappa shape index (κ1) is 14.1. The van der Waals surface area contributed by atoms with Crippen molar-refractivity contribution < 1.29 is 9.53 Å². The molecule has 0 radical (unpaired) electrons. The highest BCUT2D eigenvalue weighted by molar-refractivity contribution is 5.90. The van der Waals surface area contributed by atoms with Crippen molar-refractivity contribution in [1.29, 1.82) is 0 Å². The van der Waals surface area contributed by atoms with Crippen molar-refractivity contribution in [3.8, 4) is 22.3 Å². The van der Waals surface area contributed by atoms with Crippen LogP contribution in [0.4, 0.5) is 0 Å². The second-order valence-corrected chi connectivity index (χ2v) is 5.02. The maximum Gasteiger partial charge on any atom is 0.337 e. The summed E-state index contributed by atoms with van der Waals surface area (Å²) in [5, 5.41) is 0. The zero-order valence-corrected chi connectivity index (χ0v) is 12.3. The van der Waals surface area contributed by atoms with Gasteiger partial charge < -0.3 is 4.74 Å². The molecule has 0 heterocycles. The molecule has 0 aliphatic heterocycles. The minimum absolute atomic E-state index is 0.315. The molecule has 3 rings (SSSR count). The van der Waals surface area contributed by atoms with Crippen LogP contribution < -0.4 is 0 Å². The Balaban J connectivity index is 1.94. The lowest BCUT2D eigenvalue weighted by Gasteiger charge is -2.07. The third-order valence-electron chi connectivity index (χ3n) is 3.61. The molecule has 0 bridgehead atoms. The Morgan fingerprint density at radius 3 is 1.82 bits per heavy atom. The number of hydrogen-bond acceptors (Lipinski definition) is 2. The summed E-state index contributed by atoms with van der Waals surface area (Å²) in [5.41, 5.74) is 5.12. The summed E-state index contributed by atoms with van der Waals surface area (Å²) >= 11 is 0. The normalized spacial score (nSPS) is 10.2. The second kappa shape index (κ2) is 6.27. The second-order valence-electron chi connectivity index (χ2n) is 5.02. The van der Waals surface area contributed by atoms with Crippen LogP contribution in [0.25, 0.3) is 22.3 Å². The number of methoxy groups -OCH3 is 1. The summed E-state index contributed by atoms with van der Waals surface area (Å²) in [7, 11) is 1.39. The van der Waals surface area contributed by atoms with E-state index in [9.17, 15) is 4.79 Å². The molecule has 2 heteroatoms. The van der Waals surface area contributed by atoms with Crippen LogP contribution in [0.2, 0.25) is 0 Å². The topological polar surface area (TPSA) is 26.3 Å². The van der Waals surface area contributed by atoms with Gasteiger partial charge >= 0.3 is 5.97 Å². The highest BCUT2D eigenvalue weighted by Crippen LogP contribution is 2.26. The Kier molecular flexibility index (Phi) is 4.01. The van der Waals surface area contributed by atoms with Gasteiger partial charge in [-0.15, -0.1) is 0 Å². The number of carbonyl (C=O) groups is 1. The molecule has 22 heavy (non-hydrogen) atoms. The van der Waals surface area contributed by atoms with Gasteiger partial charge in [0.2, 0.25) is 0 Å². The van der Waals surface area contributed by atoms with E-state index < -0.39 is 0 Å². The van der Waals surface area contributed by atoms with Crippen molar-refractivity contribution in [2.24, 2.45) is 0 Å². The molecule has 0 fully saturated rings. The molecule has 0 aromatic heterocycles. The molecule has 0 saturated heterocycles. The average molecular weight is 288 g/mol. The highest BCUT2D eigenvalue weighted by atomic mass is 16.5. The van der Waals surface area contributed by atoms with Crippen LogP contribution in [0, 0.1) is 0 Å². The zero-order chi connectivity index (χ0) is 15.4. The van der Waals surface area contributed by atoms with Gasteiger partial charge in [-0.3, -0.25) is 0 Å². The molecule has 0 saturated carbocycles. The van der Waals surface area contributed by atoms with Crippen LogP contribution in [0.5, 0.6) is 0 Å². The fourth-order valence-corrected chi connectivity index (χ4v) is 2.43. The summed E-state index contributed by atoms with van der Waals surface area (Å²) in [6.07, 6.45) is 0. The van der Waals surface area contributed by atoms with Crippen LogP contribution in [-0.4, -0.2) is 13.1 Å². The van der Waals surface area contributed by atoms with Gasteiger partial charge in [-0.05, 0) is 40.5 Å². The van der Waals surface area contributed by atoms with Gasteiger partial charge in [0.1, 0.15) is 0 Å². The summed E-state index contributed by atoms with van der Waals surface area (Å²) in [5.74, 6) is -0.315. The molecular formula is C20H16O2. The Bertz CT molecular complexity index is 774. The maximum atomic E-state index is 11.5. The van der Waals surface area contributed by atoms with E-state index >= 15 is 0 Å². The molecule has 2 nitrogen and oxygen atoms in total. The Labute approximate surface area is 130 Å². The molecule has 0 N–H and O–H groups in total. The van der Waals surface area contributed by atoms with Gasteiger partial charge in [0.25, 0.3) is 0 Å². The number of hydrogen-bond donors (Lipinski definition) is 0. The standard InChI is InChI=1S/C20H16O2/c1-22-20(21)17-12-10-16(11-13-17)19-9-5-8-18(14-19)15-6-3-2-4-7-15/h2-14H,1H3. The third kappa shape index (κ3) is 2.91. The van der Waals surface area contributed by atoms with E-state index in [-0.39, 0.29) is 5.97 Å². The SMILES string of the molecule is COC(=O)c1ccc(-c2cccc(-c3ccccc3)c2)cc1. The number of ether oxygens (including phenoxy) is 1. The minimum atomic E-state index is -0.315. The molecule has 3 aromatic rings. The third-order valence-corrected chi connectivity index (χ3v) is 3.61. The molecule has 0 spiro atoms. The molecule has 0 unspecified atom stereocenters. The lowest BCUT2D eigenvalue weighted by atomic mass is 9.98. The highest BCUT2D eigenvalue weighted by Gasteiger charge is 2.06. The number of rotatable bonds is 3. The molecular weight excluding hydrogens is 272 g/mol. The minimum Gasteiger partial charge on any atom is -0.465 e. The van der Waals surface area contributed by atoms with E-state index in [4.69, 9.17) is 4.74 Å². The maximum absolute atomic E-state index is 11.5. The van der Waals surface area contributed by atoms with Gasteiger partial charge in [0.05, 0.1) is 12.7 Å². The predicted octanol–water partition coefficient (Wildman–Crippen LogP) is 4.81. The number of carbonyl (C=O) groups excluding carboxylic acids is 1. The van der Waals surface area contributed by atoms with Crippen molar-refractivity contribution in [3.05, 3.63) is 84.4 Å². The van der Waals surface area contributed by atoms with E-state index in [1.54, 1.807) is 12.1 Å². The smallest absolute Gasteiger partial charge is 0.337 e. The van der Waals surface area contributed by atoms with Gasteiger partial charge in [0, 0.05) is 0 Å². The molecule has 108 valence electrons. The fraction of sp³-hybridized carbons (Fsp3) is 0.0500. The van der Waals surface area contributed by atoms with Gasteiger partial charge in [-0.1, -0.05) is 60.7 Å². The summed E-state index contributed by atoms with van der Waals surface area (Å²) < 4.78 is 4.72. The molecule has 0 atom stereocenters. The van der Waals surface area contributed by atoms with Crippen LogP contribution in [0.1, 0.15) is 10.4 Å². The number of benzene rings is 3. The first-order chi connectivity index (χ1) is 10.8. The molecule has 0 aliphatic carbocycles.